The van der Waals surface area contributed by atoms with Crippen molar-refractivity contribution in [2.45, 2.75) is 118 Å². The Morgan fingerprint density at radius 2 is 1.59 bits per heavy atom. The van der Waals surface area contributed by atoms with E-state index < -0.39 is 29.9 Å². The van der Waals surface area contributed by atoms with Crippen LogP contribution in [0.15, 0.2) is 24.3 Å². The number of rotatable bonds is 22. The Balaban J connectivity index is 2.69. The minimum Gasteiger partial charge on any atom is -0.470 e. The first-order chi connectivity index (χ1) is 21.6. The molecule has 0 fully saturated rings. The Labute approximate surface area is 277 Å². The van der Waals surface area contributed by atoms with Crippen molar-refractivity contribution in [1.82, 2.24) is 16.0 Å². The molecule has 0 bridgehead atoms. The first-order valence-electron chi connectivity index (χ1n) is 16.6. The number of carbonyl (C=O) groups excluding carboxylic acids is 4. The van der Waals surface area contributed by atoms with Gasteiger partial charge in [0.1, 0.15) is 12.6 Å². The third-order valence-corrected chi connectivity index (χ3v) is 7.27. The number of nitrogens with one attached hydrogen (secondary N) is 4. The van der Waals surface area contributed by atoms with E-state index in [1.165, 1.54) is 0 Å². The number of unbranched alkanes of at least 4 members (excludes halogenated alkanes) is 2. The molecule has 11 nitrogen and oxygen atoms in total. The number of amides is 4. The van der Waals surface area contributed by atoms with Crippen molar-refractivity contribution in [2.24, 2.45) is 23.0 Å². The van der Waals surface area contributed by atoms with Crippen molar-refractivity contribution < 1.29 is 28.7 Å². The van der Waals surface area contributed by atoms with Gasteiger partial charge < -0.3 is 36.5 Å². The van der Waals surface area contributed by atoms with Gasteiger partial charge in [0.2, 0.25) is 25.5 Å². The van der Waals surface area contributed by atoms with Crippen molar-refractivity contribution in [3.05, 3.63) is 29.8 Å². The van der Waals surface area contributed by atoms with Crippen LogP contribution >= 0.6 is 0 Å². The molecule has 4 amide bonds. The fraction of sp³-hybridized carbons (Fsp3) is 0.706. The Morgan fingerprint density at radius 1 is 0.913 bits per heavy atom. The molecule has 46 heavy (non-hydrogen) atoms. The summed E-state index contributed by atoms with van der Waals surface area (Å²) in [6.07, 6.45) is 5.93. The lowest BCUT2D eigenvalue weighted by atomic mass is 9.86. The molecule has 0 heterocycles. The molecule has 6 N–H and O–H groups in total. The van der Waals surface area contributed by atoms with Crippen LogP contribution in [0.1, 0.15) is 99.0 Å². The minimum atomic E-state index is -0.872. The third kappa shape index (κ3) is 19.4. The number of hydrogen-bond acceptors (Lipinski definition) is 7. The highest BCUT2D eigenvalue weighted by molar-refractivity contribution is 6.55. The number of ether oxygens (including phenoxy) is 2. The Hall–Kier alpha value is -3.12. The summed E-state index contributed by atoms with van der Waals surface area (Å²) in [6, 6.07) is 4.76. The molecule has 0 spiro atoms. The van der Waals surface area contributed by atoms with Gasteiger partial charge in [-0.15, -0.1) is 0 Å². The van der Waals surface area contributed by atoms with Gasteiger partial charge >= 0.3 is 6.03 Å². The zero-order chi connectivity index (χ0) is 34.7. The summed E-state index contributed by atoms with van der Waals surface area (Å²) < 4.78 is 11.0. The monoisotopic (exact) mass is 643 g/mol. The molecule has 1 unspecified atom stereocenters. The summed E-state index contributed by atoms with van der Waals surface area (Å²) in [5, 5.41) is 11.6. The highest BCUT2D eigenvalue weighted by Gasteiger charge is 2.27. The lowest BCUT2D eigenvalue weighted by Gasteiger charge is -2.27. The molecule has 1 aromatic rings. The van der Waals surface area contributed by atoms with Gasteiger partial charge in [0, 0.05) is 18.8 Å². The number of hydrogen-bond donors (Lipinski definition) is 5. The van der Waals surface area contributed by atoms with Crippen LogP contribution in [-0.4, -0.2) is 69.4 Å². The van der Waals surface area contributed by atoms with Crippen molar-refractivity contribution in [3.8, 4) is 0 Å². The summed E-state index contributed by atoms with van der Waals surface area (Å²) in [6.45, 7) is 16.8. The van der Waals surface area contributed by atoms with Gasteiger partial charge in [-0.1, -0.05) is 60.6 Å². The number of carbonyl (C=O) groups is 4. The molecular weight excluding hydrogens is 585 g/mol. The summed E-state index contributed by atoms with van der Waals surface area (Å²) in [7, 11) is 5.01. The van der Waals surface area contributed by atoms with Gasteiger partial charge in [0.05, 0.1) is 12.1 Å². The average molecular weight is 644 g/mol. The van der Waals surface area contributed by atoms with Gasteiger partial charge in [-0.05, 0) is 86.4 Å². The predicted molar refractivity (Wildman–Crippen MR) is 184 cm³/mol. The second-order valence-corrected chi connectivity index (χ2v) is 13.9. The molecule has 2 radical (unpaired) electrons. The molecule has 258 valence electrons. The second kappa shape index (κ2) is 21.6. The summed E-state index contributed by atoms with van der Waals surface area (Å²) in [5.74, 6) is -0.941. The Bertz CT molecular complexity index is 1060. The van der Waals surface area contributed by atoms with Gasteiger partial charge in [-0.2, -0.15) is 0 Å². The predicted octanol–water partition coefficient (Wildman–Crippen LogP) is 5.02. The molecule has 0 saturated carbocycles. The normalized spacial score (nSPS) is 13.6. The molecule has 3 atom stereocenters. The van der Waals surface area contributed by atoms with E-state index in [1.807, 2.05) is 13.8 Å². The van der Waals surface area contributed by atoms with Crippen molar-refractivity contribution >= 4 is 37.2 Å². The number of primary amides is 1. The van der Waals surface area contributed by atoms with E-state index in [2.05, 4.69) is 55.9 Å². The van der Waals surface area contributed by atoms with Crippen LogP contribution in [0.5, 0.6) is 0 Å². The largest absolute Gasteiger partial charge is 0.470 e. The number of urea groups is 1. The van der Waals surface area contributed by atoms with E-state index >= 15 is 0 Å². The van der Waals surface area contributed by atoms with E-state index in [0.717, 1.165) is 38.7 Å². The second-order valence-electron chi connectivity index (χ2n) is 13.9. The maximum absolute atomic E-state index is 13.4. The highest BCUT2D eigenvalue weighted by Crippen LogP contribution is 2.26. The van der Waals surface area contributed by atoms with Crippen LogP contribution in [0.4, 0.5) is 15.3 Å². The molecule has 1 aromatic carbocycles. The van der Waals surface area contributed by atoms with Crippen molar-refractivity contribution in [3.63, 3.8) is 0 Å². The SMILES string of the molecule is [B]C(=O)OCc1ccc(NC(=O)[C@H](CCCNC(N)=O)NC(=O)[C@@H](NCCCCCOC(CC(C)C)CC(C)(C)C)C(C)C)cc1. The Morgan fingerprint density at radius 3 is 2.15 bits per heavy atom. The van der Waals surface area contributed by atoms with E-state index in [1.54, 1.807) is 24.3 Å². The molecule has 0 aliphatic heterocycles. The molecule has 0 saturated heterocycles. The van der Waals surface area contributed by atoms with E-state index in [0.29, 0.717) is 36.6 Å². The van der Waals surface area contributed by atoms with Crippen LogP contribution in [0.3, 0.4) is 0 Å². The van der Waals surface area contributed by atoms with Gasteiger partial charge in [-0.3, -0.25) is 14.4 Å². The van der Waals surface area contributed by atoms with Gasteiger partial charge in [-0.25, -0.2) is 4.79 Å². The fourth-order valence-electron chi connectivity index (χ4n) is 5.08. The Kier molecular flexibility index (Phi) is 19.2. The van der Waals surface area contributed by atoms with E-state index in [-0.39, 0.29) is 36.5 Å². The quantitative estimate of drug-likeness (QED) is 0.0876. The molecule has 1 rings (SSSR count). The zero-order valence-corrected chi connectivity index (χ0v) is 29.1. The van der Waals surface area contributed by atoms with Crippen LogP contribution in [0.25, 0.3) is 0 Å². The minimum absolute atomic E-state index is 0.00655. The van der Waals surface area contributed by atoms with Crippen LogP contribution in [0, 0.1) is 17.3 Å². The van der Waals surface area contributed by atoms with E-state index in [9.17, 15) is 19.2 Å². The molecule has 0 aliphatic rings. The maximum Gasteiger partial charge on any atom is 0.312 e. The number of nitrogens with two attached hydrogens (primary N) is 1. The lowest BCUT2D eigenvalue weighted by Crippen LogP contribution is -2.53. The first-order valence-corrected chi connectivity index (χ1v) is 16.6. The van der Waals surface area contributed by atoms with Gasteiger partial charge in [0.15, 0.2) is 0 Å². The topological polar surface area (TPSA) is 161 Å². The van der Waals surface area contributed by atoms with E-state index in [4.69, 9.17) is 23.1 Å². The molecule has 0 aliphatic carbocycles. The van der Waals surface area contributed by atoms with Crippen LogP contribution in [-0.2, 0) is 25.7 Å². The maximum atomic E-state index is 13.4. The molecule has 0 aromatic heterocycles. The van der Waals surface area contributed by atoms with Crippen molar-refractivity contribution in [2.75, 3.05) is 25.0 Å². The summed E-state index contributed by atoms with van der Waals surface area (Å²) in [5.41, 5.74) is 6.61. The highest BCUT2D eigenvalue weighted by atomic mass is 16.5. The third-order valence-electron chi connectivity index (χ3n) is 7.27. The molecular formula is C34H58BN5O6. The van der Waals surface area contributed by atoms with Crippen LogP contribution < -0.4 is 27.0 Å². The van der Waals surface area contributed by atoms with Crippen molar-refractivity contribution in [1.29, 1.82) is 0 Å². The average Bonchev–Trinajstić information content (AvgIpc) is 2.93. The van der Waals surface area contributed by atoms with Crippen LogP contribution in [0.2, 0.25) is 0 Å². The fourth-order valence-corrected chi connectivity index (χ4v) is 5.08. The zero-order valence-electron chi connectivity index (χ0n) is 29.1. The lowest BCUT2D eigenvalue weighted by molar-refractivity contribution is -0.128. The standard InChI is InChI=1S/C34H58BN5O6/c1-23(2)20-27(21-34(5,6)7)45-19-10-8-9-17-37-29(24(3)4)31(42)40-28(12-11-18-38-33(36)44)30(41)39-26-15-13-25(14-16-26)22-46-32(35)43/h13-16,23-24,27-29,37H,8-12,17-22H2,1-7H3,(H,39,41)(H,40,42)(H3,36,38,44)/t27?,28-,29-/m0/s1. The van der Waals surface area contributed by atoms with Gasteiger partial charge in [0.25, 0.3) is 0 Å². The summed E-state index contributed by atoms with van der Waals surface area (Å²) >= 11 is 0. The first kappa shape index (κ1) is 40.9. The smallest absolute Gasteiger partial charge is 0.312 e. The number of benzene rings is 1. The number of anilines is 1. The molecule has 12 heteroatoms. The summed E-state index contributed by atoms with van der Waals surface area (Å²) in [4.78, 5) is 48.6.